The van der Waals surface area contributed by atoms with Crippen molar-refractivity contribution in [2.45, 2.75) is 25.4 Å². The summed E-state index contributed by atoms with van der Waals surface area (Å²) >= 11 is 4.84. The van der Waals surface area contributed by atoms with Crippen molar-refractivity contribution in [1.29, 1.82) is 0 Å². The molecule has 1 aromatic carbocycles. The minimum Gasteiger partial charge on any atom is -0.387 e. The summed E-state index contributed by atoms with van der Waals surface area (Å²) in [5.74, 6) is -0.287. The molecule has 94 valence electrons. The summed E-state index contributed by atoms with van der Waals surface area (Å²) in [5.41, 5.74) is 1.22. The molecule has 1 N–H and O–H groups in total. The molecule has 0 spiro atoms. The summed E-state index contributed by atoms with van der Waals surface area (Å²) in [7, 11) is 0. The normalized spacial score (nSPS) is 18.7. The van der Waals surface area contributed by atoms with Crippen LogP contribution in [-0.2, 0) is 6.42 Å². The third kappa shape index (κ3) is 2.00. The molecule has 1 aliphatic rings. The van der Waals surface area contributed by atoms with E-state index in [1.165, 1.54) is 17.4 Å². The summed E-state index contributed by atoms with van der Waals surface area (Å²) in [5, 5.41) is 10.5. The van der Waals surface area contributed by atoms with Gasteiger partial charge < -0.3 is 5.11 Å². The molecule has 2 aromatic rings. The topological polar surface area (TPSA) is 33.1 Å². The molecule has 0 aliphatic heterocycles. The Balaban J connectivity index is 2.13. The number of hydrogen-bond acceptors (Lipinski definition) is 3. The van der Waals surface area contributed by atoms with Gasteiger partial charge in [-0.25, -0.2) is 9.37 Å². The third-order valence-corrected chi connectivity index (χ3v) is 4.91. The Morgan fingerprint density at radius 2 is 2.28 bits per heavy atom. The van der Waals surface area contributed by atoms with E-state index in [2.05, 4.69) is 20.9 Å². The van der Waals surface area contributed by atoms with Gasteiger partial charge in [-0.2, -0.15) is 0 Å². The Morgan fingerprint density at radius 3 is 3.00 bits per heavy atom. The van der Waals surface area contributed by atoms with Crippen molar-refractivity contribution in [2.75, 3.05) is 0 Å². The predicted molar refractivity (Wildman–Crippen MR) is 73.1 cm³/mol. The fourth-order valence-corrected chi connectivity index (χ4v) is 4.09. The van der Waals surface area contributed by atoms with Crippen LogP contribution in [0.2, 0.25) is 0 Å². The van der Waals surface area contributed by atoms with Crippen LogP contribution >= 0.6 is 27.3 Å². The molecule has 0 saturated heterocycles. The molecule has 2 nitrogen and oxygen atoms in total. The molecule has 1 aromatic heterocycles. The van der Waals surface area contributed by atoms with Gasteiger partial charge in [-0.1, -0.05) is 6.07 Å². The van der Waals surface area contributed by atoms with Crippen LogP contribution in [0.25, 0.3) is 10.6 Å². The van der Waals surface area contributed by atoms with Crippen LogP contribution < -0.4 is 0 Å². The fourth-order valence-electron chi connectivity index (χ4n) is 2.20. The Kier molecular flexibility index (Phi) is 3.21. The predicted octanol–water partition coefficient (Wildman–Crippen LogP) is 4.08. The minimum atomic E-state index is -0.496. The van der Waals surface area contributed by atoms with Crippen molar-refractivity contribution < 1.29 is 9.50 Å². The number of aryl methyl sites for hydroxylation is 1. The number of benzene rings is 1. The lowest BCUT2D eigenvalue weighted by Gasteiger charge is -2.14. The molecule has 0 fully saturated rings. The Bertz CT molecular complexity index is 578. The van der Waals surface area contributed by atoms with Crippen molar-refractivity contribution in [3.63, 3.8) is 0 Å². The highest BCUT2D eigenvalue weighted by molar-refractivity contribution is 9.10. The van der Waals surface area contributed by atoms with Crippen molar-refractivity contribution in [1.82, 2.24) is 4.98 Å². The Morgan fingerprint density at radius 1 is 1.44 bits per heavy atom. The van der Waals surface area contributed by atoms with Crippen LogP contribution in [0.4, 0.5) is 4.39 Å². The molecule has 3 rings (SSSR count). The molecular weight excluding hydrogens is 317 g/mol. The van der Waals surface area contributed by atoms with Crippen molar-refractivity contribution in [3.8, 4) is 10.6 Å². The summed E-state index contributed by atoms with van der Waals surface area (Å²) in [6.45, 7) is 0. The fraction of sp³-hybridized carbons (Fsp3) is 0.308. The van der Waals surface area contributed by atoms with Gasteiger partial charge in [0.25, 0.3) is 0 Å². The largest absolute Gasteiger partial charge is 0.387 e. The number of halogens is 2. The van der Waals surface area contributed by atoms with Gasteiger partial charge in [-0.3, -0.25) is 0 Å². The third-order valence-electron chi connectivity index (χ3n) is 3.10. The van der Waals surface area contributed by atoms with E-state index in [1.54, 1.807) is 12.1 Å². The van der Waals surface area contributed by atoms with Gasteiger partial charge in [0, 0.05) is 9.35 Å². The molecule has 0 bridgehead atoms. The van der Waals surface area contributed by atoms with E-state index < -0.39 is 6.10 Å². The standard InChI is InChI=1S/C13H11BrFNOS/c14-7-3-1-4-8(15)11(7)13-16-12-9(17)5-2-6-10(12)18-13/h1,3-4,9,17H,2,5-6H2. The van der Waals surface area contributed by atoms with Crippen LogP contribution in [0.15, 0.2) is 22.7 Å². The molecule has 5 heteroatoms. The number of thiazole rings is 1. The van der Waals surface area contributed by atoms with Gasteiger partial charge >= 0.3 is 0 Å². The Labute approximate surface area is 117 Å². The molecule has 0 saturated carbocycles. The van der Waals surface area contributed by atoms with Crippen LogP contribution in [0, 0.1) is 5.82 Å². The van der Waals surface area contributed by atoms with Gasteiger partial charge in [0.2, 0.25) is 0 Å². The summed E-state index contributed by atoms with van der Waals surface area (Å²) < 4.78 is 14.6. The van der Waals surface area contributed by atoms with E-state index in [0.717, 1.165) is 29.8 Å². The first-order valence-corrected chi connectivity index (χ1v) is 7.40. The number of aliphatic hydroxyl groups excluding tert-OH is 1. The SMILES string of the molecule is OC1CCCc2sc(-c3c(F)cccc3Br)nc21. The van der Waals surface area contributed by atoms with Crippen LogP contribution in [0.1, 0.15) is 29.5 Å². The molecule has 1 unspecified atom stereocenters. The van der Waals surface area contributed by atoms with Gasteiger partial charge in [-0.15, -0.1) is 11.3 Å². The van der Waals surface area contributed by atoms with E-state index in [0.29, 0.717) is 15.0 Å². The summed E-state index contributed by atoms with van der Waals surface area (Å²) in [6.07, 6.45) is 2.14. The lowest BCUT2D eigenvalue weighted by molar-refractivity contribution is 0.153. The molecule has 1 aliphatic carbocycles. The van der Waals surface area contributed by atoms with Crippen LogP contribution in [0.5, 0.6) is 0 Å². The second-order valence-electron chi connectivity index (χ2n) is 4.33. The van der Waals surface area contributed by atoms with Crippen LogP contribution in [-0.4, -0.2) is 10.1 Å². The maximum Gasteiger partial charge on any atom is 0.134 e. The number of aliphatic hydroxyl groups is 1. The van der Waals surface area contributed by atoms with Gasteiger partial charge in [0.1, 0.15) is 10.8 Å². The van der Waals surface area contributed by atoms with Gasteiger partial charge in [0.15, 0.2) is 0 Å². The maximum absolute atomic E-state index is 13.9. The second kappa shape index (κ2) is 4.72. The quantitative estimate of drug-likeness (QED) is 0.856. The number of aromatic nitrogens is 1. The van der Waals surface area contributed by atoms with E-state index in [9.17, 15) is 9.50 Å². The maximum atomic E-state index is 13.9. The highest BCUT2D eigenvalue weighted by atomic mass is 79.9. The lowest BCUT2D eigenvalue weighted by atomic mass is 10.0. The van der Waals surface area contributed by atoms with E-state index in [-0.39, 0.29) is 5.82 Å². The first-order chi connectivity index (χ1) is 8.66. The smallest absolute Gasteiger partial charge is 0.134 e. The molecule has 0 radical (unpaired) electrons. The van der Waals surface area contributed by atoms with Gasteiger partial charge in [-0.05, 0) is 47.3 Å². The Hall–Kier alpha value is -0.780. The number of hydrogen-bond donors (Lipinski definition) is 1. The van der Waals surface area contributed by atoms with Crippen LogP contribution in [0.3, 0.4) is 0 Å². The van der Waals surface area contributed by atoms with E-state index >= 15 is 0 Å². The van der Waals surface area contributed by atoms with E-state index in [1.807, 2.05) is 0 Å². The zero-order chi connectivity index (χ0) is 12.7. The molecular formula is C13H11BrFNOS. The minimum absolute atomic E-state index is 0.287. The molecule has 1 atom stereocenters. The highest BCUT2D eigenvalue weighted by Crippen LogP contribution is 2.39. The summed E-state index contributed by atoms with van der Waals surface area (Å²) in [6, 6.07) is 4.89. The van der Waals surface area contributed by atoms with Crippen molar-refractivity contribution in [2.24, 2.45) is 0 Å². The first-order valence-electron chi connectivity index (χ1n) is 5.79. The number of rotatable bonds is 1. The zero-order valence-electron chi connectivity index (χ0n) is 9.49. The average molecular weight is 328 g/mol. The van der Waals surface area contributed by atoms with Gasteiger partial charge in [0.05, 0.1) is 17.4 Å². The molecule has 0 amide bonds. The van der Waals surface area contributed by atoms with E-state index in [4.69, 9.17) is 0 Å². The average Bonchev–Trinajstić information content (AvgIpc) is 2.74. The van der Waals surface area contributed by atoms with Crippen molar-refractivity contribution in [3.05, 3.63) is 39.1 Å². The second-order valence-corrected chi connectivity index (χ2v) is 6.27. The number of fused-ring (bicyclic) bond motifs is 1. The molecule has 1 heterocycles. The van der Waals surface area contributed by atoms with Crippen molar-refractivity contribution >= 4 is 27.3 Å². The zero-order valence-corrected chi connectivity index (χ0v) is 11.9. The number of nitrogens with zero attached hydrogens (tertiary/aromatic N) is 1. The first kappa shape index (κ1) is 12.3. The monoisotopic (exact) mass is 327 g/mol. The summed E-state index contributed by atoms with van der Waals surface area (Å²) in [4.78, 5) is 5.50. The lowest BCUT2D eigenvalue weighted by Crippen LogP contribution is -2.07. The molecule has 18 heavy (non-hydrogen) atoms. The highest BCUT2D eigenvalue weighted by Gasteiger charge is 2.24.